The lowest BCUT2D eigenvalue weighted by Gasteiger charge is -2.14. The molecule has 2 aliphatic carbocycles. The summed E-state index contributed by atoms with van der Waals surface area (Å²) in [6.45, 7) is 0.900. The average molecular weight is 422 g/mol. The molecule has 0 saturated heterocycles. The molecule has 0 atom stereocenters. The van der Waals surface area contributed by atoms with Gasteiger partial charge in [0.15, 0.2) is 5.16 Å². The number of methoxy groups -OCH3 is 1. The Balaban J connectivity index is 1.60. The predicted molar refractivity (Wildman–Crippen MR) is 114 cm³/mol. The van der Waals surface area contributed by atoms with Gasteiger partial charge in [-0.3, -0.25) is 14.2 Å². The number of nitrogens with one attached hydrogen (secondary N) is 1. The van der Waals surface area contributed by atoms with E-state index in [2.05, 4.69) is 5.32 Å². The van der Waals surface area contributed by atoms with Crippen molar-refractivity contribution in [3.63, 3.8) is 0 Å². The van der Waals surface area contributed by atoms with Gasteiger partial charge < -0.3 is 10.1 Å². The highest BCUT2D eigenvalue weighted by Crippen LogP contribution is 2.34. The summed E-state index contributed by atoms with van der Waals surface area (Å²) >= 11 is 3.01. The van der Waals surface area contributed by atoms with E-state index in [0.717, 1.165) is 42.3 Å². The van der Waals surface area contributed by atoms with Gasteiger partial charge in [-0.15, -0.1) is 11.3 Å². The molecule has 2 heterocycles. The quantitative estimate of drug-likeness (QED) is 0.549. The maximum Gasteiger partial charge on any atom is 0.263 e. The summed E-state index contributed by atoms with van der Waals surface area (Å²) in [4.78, 5) is 32.5. The number of aryl methyl sites for hydroxylation is 2. The number of carbonyl (C=O) groups is 1. The SMILES string of the molecule is COCCn1c(SCC(=O)NC2CCCC2)nc2sc3c(c2c1=O)CCCC3. The van der Waals surface area contributed by atoms with Crippen molar-refractivity contribution < 1.29 is 9.53 Å². The molecular formula is C20H27N3O3S2. The molecular weight excluding hydrogens is 394 g/mol. The standard InChI is InChI=1S/C20H27N3O3S2/c1-26-11-10-23-19(25)17-14-8-4-5-9-15(14)28-18(17)22-20(23)27-12-16(24)21-13-6-2-3-7-13/h13H,2-12H2,1H3,(H,21,24). The van der Waals surface area contributed by atoms with Gasteiger partial charge in [0.05, 0.1) is 24.3 Å². The third-order valence-electron chi connectivity index (χ3n) is 5.61. The first-order valence-corrected chi connectivity index (χ1v) is 11.9. The second kappa shape index (κ2) is 8.97. The van der Waals surface area contributed by atoms with Crippen LogP contribution in [0.2, 0.25) is 0 Å². The lowest BCUT2D eigenvalue weighted by atomic mass is 9.97. The summed E-state index contributed by atoms with van der Waals surface area (Å²) in [6.07, 6.45) is 8.84. The van der Waals surface area contributed by atoms with Gasteiger partial charge in [-0.25, -0.2) is 4.98 Å². The Morgan fingerprint density at radius 3 is 2.86 bits per heavy atom. The van der Waals surface area contributed by atoms with Gasteiger partial charge in [0, 0.05) is 18.0 Å². The molecule has 8 heteroatoms. The summed E-state index contributed by atoms with van der Waals surface area (Å²) in [5, 5.41) is 4.51. The molecule has 0 bridgehead atoms. The largest absolute Gasteiger partial charge is 0.383 e. The number of thiophene rings is 1. The van der Waals surface area contributed by atoms with Crippen LogP contribution in [0.5, 0.6) is 0 Å². The Labute approximate surface area is 173 Å². The van der Waals surface area contributed by atoms with Crippen LogP contribution in [0.3, 0.4) is 0 Å². The average Bonchev–Trinajstić information content (AvgIpc) is 3.33. The zero-order valence-electron chi connectivity index (χ0n) is 16.3. The van der Waals surface area contributed by atoms with Crippen LogP contribution in [-0.2, 0) is 28.9 Å². The van der Waals surface area contributed by atoms with Gasteiger partial charge in [-0.05, 0) is 44.1 Å². The van der Waals surface area contributed by atoms with Gasteiger partial charge >= 0.3 is 0 Å². The van der Waals surface area contributed by atoms with E-state index in [-0.39, 0.29) is 17.2 Å². The molecule has 152 valence electrons. The number of aromatic nitrogens is 2. The monoisotopic (exact) mass is 421 g/mol. The first-order valence-electron chi connectivity index (χ1n) is 10.1. The summed E-state index contributed by atoms with van der Waals surface area (Å²) in [5.74, 6) is 0.307. The summed E-state index contributed by atoms with van der Waals surface area (Å²) < 4.78 is 6.90. The number of amides is 1. The van der Waals surface area contributed by atoms with Gasteiger partial charge in [0.2, 0.25) is 5.91 Å². The van der Waals surface area contributed by atoms with Crippen molar-refractivity contribution in [3.05, 3.63) is 20.8 Å². The third kappa shape index (κ3) is 4.14. The zero-order chi connectivity index (χ0) is 19.5. The molecule has 2 aromatic rings. The van der Waals surface area contributed by atoms with E-state index in [1.807, 2.05) is 0 Å². The highest BCUT2D eigenvalue weighted by molar-refractivity contribution is 7.99. The summed E-state index contributed by atoms with van der Waals surface area (Å²) in [7, 11) is 1.63. The van der Waals surface area contributed by atoms with Crippen LogP contribution in [0.15, 0.2) is 9.95 Å². The van der Waals surface area contributed by atoms with Crippen LogP contribution in [0.4, 0.5) is 0 Å². The van der Waals surface area contributed by atoms with Crippen LogP contribution < -0.4 is 10.9 Å². The first-order chi connectivity index (χ1) is 13.7. The summed E-state index contributed by atoms with van der Waals surface area (Å²) in [5.41, 5.74) is 1.21. The van der Waals surface area contributed by atoms with Crippen molar-refractivity contribution in [1.29, 1.82) is 0 Å². The second-order valence-corrected chi connectivity index (χ2v) is 9.60. The smallest absolute Gasteiger partial charge is 0.263 e. The maximum atomic E-state index is 13.3. The lowest BCUT2D eigenvalue weighted by Crippen LogP contribution is -2.34. The molecule has 2 aromatic heterocycles. The molecule has 1 N–H and O–H groups in total. The maximum absolute atomic E-state index is 13.3. The molecule has 0 radical (unpaired) electrons. The number of rotatable bonds is 7. The van der Waals surface area contributed by atoms with Crippen molar-refractivity contribution in [3.8, 4) is 0 Å². The number of ether oxygens (including phenoxy) is 1. The van der Waals surface area contributed by atoms with E-state index in [9.17, 15) is 9.59 Å². The Morgan fingerprint density at radius 1 is 1.29 bits per heavy atom. The molecule has 1 saturated carbocycles. The number of thioether (sulfide) groups is 1. The fraction of sp³-hybridized carbons (Fsp3) is 0.650. The third-order valence-corrected chi connectivity index (χ3v) is 7.77. The van der Waals surface area contributed by atoms with E-state index in [1.54, 1.807) is 23.0 Å². The number of carbonyl (C=O) groups excluding carboxylic acids is 1. The Bertz CT molecular complexity index is 916. The fourth-order valence-electron chi connectivity index (χ4n) is 4.18. The molecule has 0 aromatic carbocycles. The highest BCUT2D eigenvalue weighted by Gasteiger charge is 2.23. The van der Waals surface area contributed by atoms with E-state index in [4.69, 9.17) is 9.72 Å². The number of nitrogens with zero attached hydrogens (tertiary/aromatic N) is 2. The molecule has 6 nitrogen and oxygen atoms in total. The van der Waals surface area contributed by atoms with Crippen molar-refractivity contribution >= 4 is 39.2 Å². The minimum Gasteiger partial charge on any atom is -0.383 e. The normalized spacial score (nSPS) is 17.2. The lowest BCUT2D eigenvalue weighted by molar-refractivity contribution is -0.119. The molecule has 2 aliphatic rings. The van der Waals surface area contributed by atoms with Crippen LogP contribution >= 0.6 is 23.1 Å². The fourth-order valence-corrected chi connectivity index (χ4v) is 6.32. The minimum absolute atomic E-state index is 0.0140. The number of hydrogen-bond donors (Lipinski definition) is 1. The molecule has 0 aliphatic heterocycles. The van der Waals surface area contributed by atoms with E-state index < -0.39 is 0 Å². The molecule has 0 unspecified atom stereocenters. The number of hydrogen-bond acceptors (Lipinski definition) is 6. The van der Waals surface area contributed by atoms with E-state index in [0.29, 0.717) is 24.3 Å². The Kier molecular flexibility index (Phi) is 6.38. The second-order valence-electron chi connectivity index (χ2n) is 7.57. The zero-order valence-corrected chi connectivity index (χ0v) is 17.9. The minimum atomic E-state index is 0.0140. The molecule has 1 amide bonds. The summed E-state index contributed by atoms with van der Waals surface area (Å²) in [6, 6.07) is 0.309. The van der Waals surface area contributed by atoms with Gasteiger partial charge in [-0.1, -0.05) is 24.6 Å². The Morgan fingerprint density at radius 2 is 2.07 bits per heavy atom. The number of fused-ring (bicyclic) bond motifs is 3. The predicted octanol–water partition coefficient (Wildman–Crippen LogP) is 3.13. The molecule has 0 spiro atoms. The van der Waals surface area contributed by atoms with Crippen molar-refractivity contribution in [1.82, 2.24) is 14.9 Å². The van der Waals surface area contributed by atoms with E-state index >= 15 is 0 Å². The van der Waals surface area contributed by atoms with E-state index in [1.165, 1.54) is 41.5 Å². The van der Waals surface area contributed by atoms with Crippen LogP contribution in [0.25, 0.3) is 10.2 Å². The van der Waals surface area contributed by atoms with Gasteiger partial charge in [0.1, 0.15) is 4.83 Å². The molecule has 1 fully saturated rings. The Hall–Kier alpha value is -1.38. The first kappa shape index (κ1) is 19.9. The van der Waals surface area contributed by atoms with Crippen LogP contribution in [0.1, 0.15) is 49.0 Å². The van der Waals surface area contributed by atoms with Crippen LogP contribution in [0, 0.1) is 0 Å². The van der Waals surface area contributed by atoms with Gasteiger partial charge in [-0.2, -0.15) is 0 Å². The molecule has 4 rings (SSSR count). The molecule has 28 heavy (non-hydrogen) atoms. The highest BCUT2D eigenvalue weighted by atomic mass is 32.2. The topological polar surface area (TPSA) is 73.2 Å². The van der Waals surface area contributed by atoms with Crippen LogP contribution in [-0.4, -0.2) is 41.0 Å². The van der Waals surface area contributed by atoms with Gasteiger partial charge in [0.25, 0.3) is 5.56 Å². The van der Waals surface area contributed by atoms with Crippen molar-refractivity contribution in [2.45, 2.75) is 69.1 Å². The van der Waals surface area contributed by atoms with Crippen molar-refractivity contribution in [2.75, 3.05) is 19.5 Å². The van der Waals surface area contributed by atoms with Crippen molar-refractivity contribution in [2.24, 2.45) is 0 Å².